The van der Waals surface area contributed by atoms with Gasteiger partial charge in [0, 0.05) is 42.7 Å². The van der Waals surface area contributed by atoms with E-state index >= 15 is 0 Å². The molecule has 2 saturated heterocycles. The monoisotopic (exact) mass is 380 g/mol. The predicted molar refractivity (Wildman–Crippen MR) is 110 cm³/mol. The van der Waals surface area contributed by atoms with E-state index < -0.39 is 0 Å². The molecule has 0 bridgehead atoms. The predicted octanol–water partition coefficient (Wildman–Crippen LogP) is 3.75. The van der Waals surface area contributed by atoms with Gasteiger partial charge in [0.2, 0.25) is 11.8 Å². The lowest BCUT2D eigenvalue weighted by Crippen LogP contribution is -2.38. The van der Waals surface area contributed by atoms with Crippen LogP contribution in [0.15, 0.2) is 60.7 Å². The van der Waals surface area contributed by atoms with E-state index in [0.717, 1.165) is 31.0 Å². The maximum Gasteiger partial charge on any atom is 0.228 e. The Bertz CT molecular complexity index is 796. The van der Waals surface area contributed by atoms with E-state index in [1.807, 2.05) is 53.1 Å². The number of benzene rings is 2. The Labute approximate surface area is 164 Å². The van der Waals surface area contributed by atoms with Crippen molar-refractivity contribution in [1.82, 2.24) is 4.90 Å². The molecule has 2 aliphatic rings. The molecule has 5 heteroatoms. The van der Waals surface area contributed by atoms with E-state index in [1.54, 1.807) is 4.90 Å². The molecule has 4 rings (SSSR count). The van der Waals surface area contributed by atoms with Crippen LogP contribution in [0.4, 0.5) is 5.69 Å². The second kappa shape index (κ2) is 8.17. The zero-order valence-corrected chi connectivity index (χ0v) is 16.1. The molecule has 2 unspecified atom stereocenters. The number of carbonyl (C=O) groups is 2. The zero-order valence-electron chi connectivity index (χ0n) is 15.3. The van der Waals surface area contributed by atoms with E-state index in [9.17, 15) is 9.59 Å². The standard InChI is InChI=1S/C22H24N2O2S/c25-21-15-18(16-24(21)19-9-5-2-6-10-19)22(26)23-12-11-20(27-14-13-23)17-7-3-1-4-8-17/h1-10,18,20H,11-16H2. The number of para-hydroxylation sites is 1. The number of hydrogen-bond donors (Lipinski definition) is 0. The third kappa shape index (κ3) is 4.03. The average molecular weight is 381 g/mol. The smallest absolute Gasteiger partial charge is 0.228 e. The summed E-state index contributed by atoms with van der Waals surface area (Å²) in [5.41, 5.74) is 2.22. The van der Waals surface area contributed by atoms with Gasteiger partial charge in [0.1, 0.15) is 0 Å². The van der Waals surface area contributed by atoms with Gasteiger partial charge in [-0.15, -0.1) is 0 Å². The van der Waals surface area contributed by atoms with Crippen molar-refractivity contribution in [2.75, 3.05) is 30.3 Å². The molecule has 0 saturated carbocycles. The Morgan fingerprint density at radius 3 is 2.41 bits per heavy atom. The molecule has 2 aliphatic heterocycles. The van der Waals surface area contributed by atoms with E-state index in [2.05, 4.69) is 24.3 Å². The molecule has 0 aromatic heterocycles. The normalized spacial score (nSPS) is 23.3. The summed E-state index contributed by atoms with van der Waals surface area (Å²) in [5.74, 6) is 0.895. The average Bonchev–Trinajstić information content (AvgIpc) is 2.94. The van der Waals surface area contributed by atoms with Gasteiger partial charge in [-0.25, -0.2) is 0 Å². The highest BCUT2D eigenvalue weighted by Crippen LogP contribution is 2.35. The van der Waals surface area contributed by atoms with Crippen molar-refractivity contribution in [2.45, 2.75) is 18.1 Å². The number of nitrogens with zero attached hydrogens (tertiary/aromatic N) is 2. The van der Waals surface area contributed by atoms with Crippen molar-refractivity contribution in [3.63, 3.8) is 0 Å². The zero-order chi connectivity index (χ0) is 18.6. The van der Waals surface area contributed by atoms with Crippen LogP contribution in [0.25, 0.3) is 0 Å². The number of rotatable bonds is 3. The van der Waals surface area contributed by atoms with Crippen LogP contribution in [0.2, 0.25) is 0 Å². The molecule has 0 spiro atoms. The first kappa shape index (κ1) is 18.1. The molecule has 2 heterocycles. The molecular weight excluding hydrogens is 356 g/mol. The largest absolute Gasteiger partial charge is 0.342 e. The molecule has 2 amide bonds. The van der Waals surface area contributed by atoms with Crippen LogP contribution in [-0.4, -0.2) is 42.1 Å². The van der Waals surface area contributed by atoms with E-state index in [-0.39, 0.29) is 17.7 Å². The topological polar surface area (TPSA) is 40.6 Å². The first-order chi connectivity index (χ1) is 13.2. The molecule has 4 nitrogen and oxygen atoms in total. The van der Waals surface area contributed by atoms with E-state index in [4.69, 9.17) is 0 Å². The molecular formula is C22H24N2O2S. The first-order valence-electron chi connectivity index (χ1n) is 9.53. The molecule has 140 valence electrons. The van der Waals surface area contributed by atoms with Crippen molar-refractivity contribution in [3.05, 3.63) is 66.2 Å². The van der Waals surface area contributed by atoms with Crippen LogP contribution in [0.5, 0.6) is 0 Å². The van der Waals surface area contributed by atoms with Crippen LogP contribution >= 0.6 is 11.8 Å². The van der Waals surface area contributed by atoms with Crippen molar-refractivity contribution in [2.24, 2.45) is 5.92 Å². The number of hydrogen-bond acceptors (Lipinski definition) is 3. The molecule has 0 aliphatic carbocycles. The summed E-state index contributed by atoms with van der Waals surface area (Å²) in [6.45, 7) is 2.03. The second-order valence-electron chi connectivity index (χ2n) is 7.13. The van der Waals surface area contributed by atoms with Crippen LogP contribution in [0.3, 0.4) is 0 Å². The minimum atomic E-state index is -0.226. The lowest BCUT2D eigenvalue weighted by molar-refractivity contribution is -0.135. The van der Waals surface area contributed by atoms with Gasteiger partial charge >= 0.3 is 0 Å². The van der Waals surface area contributed by atoms with E-state index in [1.165, 1.54) is 5.56 Å². The Hall–Kier alpha value is -2.27. The Balaban J connectivity index is 1.39. The summed E-state index contributed by atoms with van der Waals surface area (Å²) in [6.07, 6.45) is 1.28. The molecule has 2 aromatic carbocycles. The fourth-order valence-corrected chi connectivity index (χ4v) is 5.15. The van der Waals surface area contributed by atoms with Gasteiger partial charge in [-0.2, -0.15) is 11.8 Å². The van der Waals surface area contributed by atoms with Crippen LogP contribution in [0, 0.1) is 5.92 Å². The van der Waals surface area contributed by atoms with Gasteiger partial charge in [-0.1, -0.05) is 48.5 Å². The second-order valence-corrected chi connectivity index (χ2v) is 8.44. The molecule has 0 N–H and O–H groups in total. The molecule has 2 aromatic rings. The maximum absolute atomic E-state index is 13.1. The van der Waals surface area contributed by atoms with Gasteiger partial charge in [0.25, 0.3) is 0 Å². The van der Waals surface area contributed by atoms with E-state index in [0.29, 0.717) is 18.2 Å². The first-order valence-corrected chi connectivity index (χ1v) is 10.6. The third-order valence-electron chi connectivity index (χ3n) is 5.37. The number of thioether (sulfide) groups is 1. The van der Waals surface area contributed by atoms with Crippen LogP contribution in [0.1, 0.15) is 23.7 Å². The molecule has 27 heavy (non-hydrogen) atoms. The number of amides is 2. The number of anilines is 1. The lowest BCUT2D eigenvalue weighted by Gasteiger charge is -2.24. The van der Waals surface area contributed by atoms with Crippen LogP contribution in [-0.2, 0) is 9.59 Å². The maximum atomic E-state index is 13.1. The van der Waals surface area contributed by atoms with Crippen LogP contribution < -0.4 is 4.90 Å². The SMILES string of the molecule is O=C(C1CC(=O)N(c2ccccc2)C1)N1CCSC(c2ccccc2)CC1. The third-order valence-corrected chi connectivity index (χ3v) is 6.70. The lowest BCUT2D eigenvalue weighted by atomic mass is 10.1. The summed E-state index contributed by atoms with van der Waals surface area (Å²) < 4.78 is 0. The van der Waals surface area contributed by atoms with Gasteiger partial charge in [0.05, 0.1) is 5.92 Å². The van der Waals surface area contributed by atoms with Crippen molar-refractivity contribution < 1.29 is 9.59 Å². The minimum Gasteiger partial charge on any atom is -0.342 e. The highest BCUT2D eigenvalue weighted by molar-refractivity contribution is 7.99. The highest BCUT2D eigenvalue weighted by Gasteiger charge is 2.37. The summed E-state index contributed by atoms with van der Waals surface area (Å²) in [4.78, 5) is 29.2. The van der Waals surface area contributed by atoms with Gasteiger partial charge < -0.3 is 9.80 Å². The summed E-state index contributed by atoms with van der Waals surface area (Å²) in [7, 11) is 0. The quantitative estimate of drug-likeness (QED) is 0.814. The summed E-state index contributed by atoms with van der Waals surface area (Å²) in [6, 6.07) is 20.2. The highest BCUT2D eigenvalue weighted by atomic mass is 32.2. The fourth-order valence-electron chi connectivity index (χ4n) is 3.91. The summed E-state index contributed by atoms with van der Waals surface area (Å²) in [5, 5.41) is 0.440. The van der Waals surface area contributed by atoms with Crippen molar-refractivity contribution in [3.8, 4) is 0 Å². The number of carbonyl (C=O) groups excluding carboxylic acids is 2. The molecule has 2 atom stereocenters. The van der Waals surface area contributed by atoms with Gasteiger partial charge in [0.15, 0.2) is 0 Å². The minimum absolute atomic E-state index is 0.0471. The van der Waals surface area contributed by atoms with Crippen molar-refractivity contribution >= 4 is 29.3 Å². The Kier molecular flexibility index (Phi) is 5.48. The fraction of sp³-hybridized carbons (Fsp3) is 0.364. The Morgan fingerprint density at radius 2 is 1.67 bits per heavy atom. The van der Waals surface area contributed by atoms with Crippen molar-refractivity contribution in [1.29, 1.82) is 0 Å². The Morgan fingerprint density at radius 1 is 0.963 bits per heavy atom. The summed E-state index contributed by atoms with van der Waals surface area (Å²) >= 11 is 1.93. The molecule has 0 radical (unpaired) electrons. The molecule has 2 fully saturated rings. The van der Waals surface area contributed by atoms with Gasteiger partial charge in [-0.05, 0) is 24.1 Å². The van der Waals surface area contributed by atoms with Gasteiger partial charge in [-0.3, -0.25) is 9.59 Å².